The topological polar surface area (TPSA) is 67.8 Å². The Morgan fingerprint density at radius 2 is 2.23 bits per heavy atom. The van der Waals surface area contributed by atoms with E-state index >= 15 is 0 Å². The molecular formula is C7H9BrN4O. The van der Waals surface area contributed by atoms with E-state index in [1.54, 1.807) is 13.8 Å². The molecule has 70 valence electrons. The van der Waals surface area contributed by atoms with Crippen LogP contribution in [0.3, 0.4) is 0 Å². The van der Waals surface area contributed by atoms with Crippen molar-refractivity contribution in [1.29, 1.82) is 0 Å². The second kappa shape index (κ2) is 3.78. The molecule has 0 unspecified atom stereocenters. The highest BCUT2D eigenvalue weighted by molar-refractivity contribution is 9.10. The average molecular weight is 245 g/mol. The van der Waals surface area contributed by atoms with Crippen molar-refractivity contribution in [2.45, 2.75) is 18.2 Å². The number of alkyl halides is 1. The summed E-state index contributed by atoms with van der Waals surface area (Å²) in [5, 5.41) is 9.71. The Morgan fingerprint density at radius 3 is 2.69 bits per heavy atom. The number of aromatic nitrogens is 3. The molecule has 6 heteroatoms. The predicted molar refractivity (Wildman–Crippen MR) is 51.5 cm³/mol. The van der Waals surface area contributed by atoms with Crippen LogP contribution in [0.4, 0.5) is 5.95 Å². The number of nitrogens with zero attached hydrogens (tertiary/aromatic N) is 3. The second-order valence-electron chi connectivity index (χ2n) is 2.89. The van der Waals surface area contributed by atoms with E-state index in [0.29, 0.717) is 0 Å². The molecule has 13 heavy (non-hydrogen) atoms. The smallest absolute Gasteiger partial charge is 0.249 e. The number of rotatable bonds is 2. The van der Waals surface area contributed by atoms with Gasteiger partial charge in [-0.05, 0) is 13.8 Å². The minimum atomic E-state index is -0.633. The highest BCUT2D eigenvalue weighted by Crippen LogP contribution is 2.16. The van der Waals surface area contributed by atoms with Gasteiger partial charge >= 0.3 is 0 Å². The maximum Gasteiger partial charge on any atom is 0.249 e. The fourth-order valence-electron chi connectivity index (χ4n) is 0.555. The molecule has 0 aliphatic heterocycles. The van der Waals surface area contributed by atoms with Crippen molar-refractivity contribution < 1.29 is 4.79 Å². The highest BCUT2D eigenvalue weighted by Gasteiger charge is 2.24. The minimum absolute atomic E-state index is 0.208. The Bertz CT molecular complexity index is 295. The van der Waals surface area contributed by atoms with Crippen molar-refractivity contribution in [1.82, 2.24) is 15.2 Å². The molecule has 0 spiro atoms. The minimum Gasteiger partial charge on any atom is -0.292 e. The Kier molecular flexibility index (Phi) is 2.92. The Balaban J connectivity index is 2.66. The lowest BCUT2D eigenvalue weighted by Gasteiger charge is -2.13. The predicted octanol–water partition coefficient (Wildman–Crippen LogP) is 0.984. The van der Waals surface area contributed by atoms with Gasteiger partial charge in [0, 0.05) is 0 Å². The molecular weight excluding hydrogens is 236 g/mol. The van der Waals surface area contributed by atoms with Gasteiger partial charge in [0.2, 0.25) is 11.9 Å². The van der Waals surface area contributed by atoms with Crippen LogP contribution in [0.5, 0.6) is 0 Å². The van der Waals surface area contributed by atoms with Crippen molar-refractivity contribution in [2.24, 2.45) is 0 Å². The first kappa shape index (κ1) is 10.0. The van der Waals surface area contributed by atoms with E-state index < -0.39 is 4.32 Å². The SMILES string of the molecule is CC(C)(Br)C(=O)Nc1nccnn1. The lowest BCUT2D eigenvalue weighted by Crippen LogP contribution is -2.31. The van der Waals surface area contributed by atoms with Crippen LogP contribution >= 0.6 is 15.9 Å². The number of carbonyl (C=O) groups is 1. The normalized spacial score (nSPS) is 11.0. The number of amides is 1. The van der Waals surface area contributed by atoms with Gasteiger partial charge in [-0.15, -0.1) is 5.10 Å². The van der Waals surface area contributed by atoms with Crippen LogP contribution in [-0.4, -0.2) is 25.4 Å². The number of hydrogen-bond acceptors (Lipinski definition) is 4. The van der Waals surface area contributed by atoms with E-state index in [1.807, 2.05) is 0 Å². The van der Waals surface area contributed by atoms with Gasteiger partial charge in [0.05, 0.1) is 16.7 Å². The Morgan fingerprint density at radius 1 is 1.54 bits per heavy atom. The summed E-state index contributed by atoms with van der Waals surface area (Å²) in [5.74, 6) is 0.000486. The molecule has 1 aromatic heterocycles. The zero-order chi connectivity index (χ0) is 9.90. The molecule has 0 aliphatic carbocycles. The number of nitrogens with one attached hydrogen (secondary N) is 1. The highest BCUT2D eigenvalue weighted by atomic mass is 79.9. The summed E-state index contributed by atoms with van der Waals surface area (Å²) in [4.78, 5) is 15.2. The summed E-state index contributed by atoms with van der Waals surface area (Å²) in [6.45, 7) is 3.47. The van der Waals surface area contributed by atoms with E-state index in [0.717, 1.165) is 0 Å². The maximum absolute atomic E-state index is 11.4. The van der Waals surface area contributed by atoms with E-state index in [1.165, 1.54) is 12.4 Å². The van der Waals surface area contributed by atoms with Gasteiger partial charge < -0.3 is 0 Å². The van der Waals surface area contributed by atoms with Gasteiger partial charge in [0.15, 0.2) is 0 Å². The average Bonchev–Trinajstić information content (AvgIpc) is 2.04. The van der Waals surface area contributed by atoms with Crippen LogP contribution in [0.2, 0.25) is 0 Å². The Hall–Kier alpha value is -1.04. The molecule has 0 saturated carbocycles. The van der Waals surface area contributed by atoms with E-state index in [-0.39, 0.29) is 11.9 Å². The molecule has 1 heterocycles. The fourth-order valence-corrected chi connectivity index (χ4v) is 0.654. The van der Waals surface area contributed by atoms with Gasteiger partial charge in [0.25, 0.3) is 0 Å². The van der Waals surface area contributed by atoms with Crippen molar-refractivity contribution in [3.05, 3.63) is 12.4 Å². The first-order valence-corrected chi connectivity index (χ1v) is 4.43. The lowest BCUT2D eigenvalue weighted by molar-refractivity contribution is -0.117. The summed E-state index contributed by atoms with van der Waals surface area (Å²) in [6, 6.07) is 0. The lowest BCUT2D eigenvalue weighted by atomic mass is 10.2. The number of hydrogen-bond donors (Lipinski definition) is 1. The first-order chi connectivity index (χ1) is 6.00. The number of halogens is 1. The molecule has 0 atom stereocenters. The van der Waals surface area contributed by atoms with E-state index in [9.17, 15) is 4.79 Å². The molecule has 1 amide bonds. The molecule has 0 aliphatic rings. The Labute approximate surface area is 84.1 Å². The number of carbonyl (C=O) groups excluding carboxylic acids is 1. The third-order valence-corrected chi connectivity index (χ3v) is 1.61. The fraction of sp³-hybridized carbons (Fsp3) is 0.429. The first-order valence-electron chi connectivity index (χ1n) is 3.64. The van der Waals surface area contributed by atoms with Crippen LogP contribution in [-0.2, 0) is 4.79 Å². The monoisotopic (exact) mass is 244 g/mol. The largest absolute Gasteiger partial charge is 0.292 e. The van der Waals surface area contributed by atoms with Gasteiger partial charge in [-0.3, -0.25) is 10.1 Å². The van der Waals surface area contributed by atoms with Crippen molar-refractivity contribution >= 4 is 27.8 Å². The molecule has 0 radical (unpaired) electrons. The van der Waals surface area contributed by atoms with Gasteiger partial charge in [0.1, 0.15) is 0 Å². The van der Waals surface area contributed by atoms with Crippen LogP contribution < -0.4 is 5.32 Å². The molecule has 1 rings (SSSR count). The molecule has 1 N–H and O–H groups in total. The van der Waals surface area contributed by atoms with Crippen LogP contribution in [0.1, 0.15) is 13.8 Å². The van der Waals surface area contributed by atoms with E-state index in [4.69, 9.17) is 0 Å². The molecule has 0 bridgehead atoms. The summed E-state index contributed by atoms with van der Waals surface area (Å²) in [7, 11) is 0. The van der Waals surface area contributed by atoms with Crippen molar-refractivity contribution in [3.8, 4) is 0 Å². The second-order valence-corrected chi connectivity index (χ2v) is 4.88. The van der Waals surface area contributed by atoms with Gasteiger partial charge in [-0.25, -0.2) is 4.98 Å². The number of anilines is 1. The van der Waals surface area contributed by atoms with Crippen LogP contribution in [0, 0.1) is 0 Å². The molecule has 0 aromatic carbocycles. The molecule has 0 fully saturated rings. The molecule has 0 saturated heterocycles. The van der Waals surface area contributed by atoms with Crippen molar-refractivity contribution in [2.75, 3.05) is 5.32 Å². The molecule has 5 nitrogen and oxygen atoms in total. The summed E-state index contributed by atoms with van der Waals surface area (Å²) in [5.41, 5.74) is 0. The van der Waals surface area contributed by atoms with Gasteiger partial charge in [-0.1, -0.05) is 15.9 Å². The third kappa shape index (κ3) is 3.06. The zero-order valence-corrected chi connectivity index (χ0v) is 8.87. The maximum atomic E-state index is 11.4. The quantitative estimate of drug-likeness (QED) is 0.788. The summed E-state index contributed by atoms with van der Waals surface area (Å²) >= 11 is 3.21. The standard InChI is InChI=1S/C7H9BrN4O/c1-7(2,8)5(13)11-6-9-3-4-10-12-6/h3-4H,1-2H3,(H,9,11,12,13). The summed E-state index contributed by atoms with van der Waals surface area (Å²) < 4.78 is -0.633. The zero-order valence-electron chi connectivity index (χ0n) is 7.28. The van der Waals surface area contributed by atoms with Crippen molar-refractivity contribution in [3.63, 3.8) is 0 Å². The van der Waals surface area contributed by atoms with E-state index in [2.05, 4.69) is 36.4 Å². The molecule has 1 aromatic rings. The van der Waals surface area contributed by atoms with Crippen LogP contribution in [0.15, 0.2) is 12.4 Å². The van der Waals surface area contributed by atoms with Crippen LogP contribution in [0.25, 0.3) is 0 Å². The summed E-state index contributed by atoms with van der Waals surface area (Å²) in [6.07, 6.45) is 2.90. The van der Waals surface area contributed by atoms with Gasteiger partial charge in [-0.2, -0.15) is 5.10 Å². The third-order valence-electron chi connectivity index (χ3n) is 1.25.